The molecule has 1 aromatic carbocycles. The molecule has 0 saturated heterocycles. The lowest BCUT2D eigenvalue weighted by Gasteiger charge is -2.23. The van der Waals surface area contributed by atoms with Crippen LogP contribution in [0.25, 0.3) is 11.3 Å². The topological polar surface area (TPSA) is 71.1 Å². The minimum absolute atomic E-state index is 0.277. The van der Waals surface area contributed by atoms with E-state index in [4.69, 9.17) is 0 Å². The number of hydrogen-bond donors (Lipinski definition) is 2. The van der Waals surface area contributed by atoms with Crippen molar-refractivity contribution in [1.82, 2.24) is 9.71 Å². The number of hydrogen-bond acceptors (Lipinski definition) is 4. The summed E-state index contributed by atoms with van der Waals surface area (Å²) in [5.41, 5.74) is 3.84. The fourth-order valence-electron chi connectivity index (χ4n) is 3.69. The molecule has 6 heteroatoms. The zero-order chi connectivity index (χ0) is 18.6. The van der Waals surface area contributed by atoms with E-state index in [-0.39, 0.29) is 4.90 Å². The molecule has 0 unspecified atom stereocenters. The maximum absolute atomic E-state index is 12.3. The molecule has 0 bridgehead atoms. The highest BCUT2D eigenvalue weighted by Crippen LogP contribution is 2.32. The van der Waals surface area contributed by atoms with Crippen molar-refractivity contribution in [2.75, 3.05) is 19.4 Å². The molecule has 5 nitrogen and oxygen atoms in total. The molecule has 140 valence electrons. The van der Waals surface area contributed by atoms with Crippen LogP contribution in [0.3, 0.4) is 0 Å². The standard InChI is InChI=1S/C20H27N3O2S/c1-21-17-10-11-23-20(13-17)19-14-18(26(24,25)22-2)9-8-16(19)12-15-6-4-3-5-7-15/h8-11,13-15,22H,3-7,12H2,1-2H3,(H,21,23). The molecule has 0 atom stereocenters. The monoisotopic (exact) mass is 373 g/mol. The van der Waals surface area contributed by atoms with Crippen LogP contribution in [-0.2, 0) is 16.4 Å². The predicted molar refractivity (Wildman–Crippen MR) is 106 cm³/mol. The van der Waals surface area contributed by atoms with Crippen LogP contribution < -0.4 is 10.0 Å². The average molecular weight is 374 g/mol. The van der Waals surface area contributed by atoms with Gasteiger partial charge in [-0.25, -0.2) is 13.1 Å². The van der Waals surface area contributed by atoms with Crippen molar-refractivity contribution in [2.45, 2.75) is 43.4 Å². The summed E-state index contributed by atoms with van der Waals surface area (Å²) in [5.74, 6) is 0.668. The Morgan fingerprint density at radius 2 is 1.85 bits per heavy atom. The van der Waals surface area contributed by atoms with Crippen LogP contribution in [0.15, 0.2) is 41.4 Å². The quantitative estimate of drug-likeness (QED) is 0.807. The second kappa shape index (κ2) is 8.18. The number of nitrogens with zero attached hydrogens (tertiary/aromatic N) is 1. The minimum Gasteiger partial charge on any atom is -0.388 e. The highest BCUT2D eigenvalue weighted by atomic mass is 32.2. The second-order valence-corrected chi connectivity index (χ2v) is 8.80. The van der Waals surface area contributed by atoms with E-state index in [1.807, 2.05) is 25.2 Å². The summed E-state index contributed by atoms with van der Waals surface area (Å²) in [6, 6.07) is 9.29. The molecule has 1 aliphatic rings. The molecule has 26 heavy (non-hydrogen) atoms. The van der Waals surface area contributed by atoms with E-state index in [2.05, 4.69) is 15.0 Å². The molecular formula is C20H27N3O2S. The van der Waals surface area contributed by atoms with Crippen molar-refractivity contribution < 1.29 is 8.42 Å². The number of pyridine rings is 1. The van der Waals surface area contributed by atoms with Gasteiger partial charge in [-0.3, -0.25) is 4.98 Å². The first-order valence-corrected chi connectivity index (χ1v) is 10.7. The fraction of sp³-hybridized carbons (Fsp3) is 0.450. The average Bonchev–Trinajstić information content (AvgIpc) is 2.69. The van der Waals surface area contributed by atoms with Gasteiger partial charge in [0, 0.05) is 24.5 Å². The van der Waals surface area contributed by atoms with E-state index >= 15 is 0 Å². The van der Waals surface area contributed by atoms with Gasteiger partial charge in [-0.1, -0.05) is 38.2 Å². The Morgan fingerprint density at radius 3 is 2.54 bits per heavy atom. The highest BCUT2D eigenvalue weighted by Gasteiger charge is 2.19. The number of aromatic nitrogens is 1. The largest absolute Gasteiger partial charge is 0.388 e. The lowest BCUT2D eigenvalue weighted by molar-refractivity contribution is 0.357. The third kappa shape index (κ3) is 4.24. The Hall–Kier alpha value is -1.92. The number of rotatable bonds is 6. The number of anilines is 1. The summed E-state index contributed by atoms with van der Waals surface area (Å²) < 4.78 is 26.9. The molecule has 0 spiro atoms. The lowest BCUT2D eigenvalue weighted by Crippen LogP contribution is -2.19. The Morgan fingerprint density at radius 1 is 1.08 bits per heavy atom. The first-order chi connectivity index (χ1) is 12.5. The molecule has 1 fully saturated rings. The van der Waals surface area contributed by atoms with E-state index in [1.54, 1.807) is 18.3 Å². The van der Waals surface area contributed by atoms with Crippen molar-refractivity contribution in [3.05, 3.63) is 42.1 Å². The van der Waals surface area contributed by atoms with Gasteiger partial charge in [-0.2, -0.15) is 0 Å². The highest BCUT2D eigenvalue weighted by molar-refractivity contribution is 7.89. The summed E-state index contributed by atoms with van der Waals surface area (Å²) >= 11 is 0. The van der Waals surface area contributed by atoms with Gasteiger partial charge in [-0.05, 0) is 49.2 Å². The van der Waals surface area contributed by atoms with Crippen molar-refractivity contribution in [3.8, 4) is 11.3 Å². The first-order valence-electron chi connectivity index (χ1n) is 9.24. The Labute approximate surface area is 156 Å². The second-order valence-electron chi connectivity index (χ2n) is 6.91. The van der Waals surface area contributed by atoms with Crippen LogP contribution in [0.5, 0.6) is 0 Å². The van der Waals surface area contributed by atoms with E-state index in [1.165, 1.54) is 44.7 Å². The van der Waals surface area contributed by atoms with E-state index < -0.39 is 10.0 Å². The van der Waals surface area contributed by atoms with Gasteiger partial charge in [0.05, 0.1) is 10.6 Å². The Balaban J connectivity index is 2.04. The van der Waals surface area contributed by atoms with Crippen LogP contribution in [0.1, 0.15) is 37.7 Å². The van der Waals surface area contributed by atoms with Gasteiger partial charge in [0.2, 0.25) is 10.0 Å². The number of benzene rings is 1. The van der Waals surface area contributed by atoms with E-state index in [0.717, 1.165) is 23.4 Å². The van der Waals surface area contributed by atoms with Crippen LogP contribution in [0.4, 0.5) is 5.69 Å². The summed E-state index contributed by atoms with van der Waals surface area (Å²) in [6.07, 6.45) is 9.14. The molecule has 0 radical (unpaired) electrons. The van der Waals surface area contributed by atoms with Gasteiger partial charge in [0.25, 0.3) is 0 Å². The van der Waals surface area contributed by atoms with Crippen molar-refractivity contribution >= 4 is 15.7 Å². The van der Waals surface area contributed by atoms with Crippen LogP contribution in [0, 0.1) is 5.92 Å². The molecule has 0 amide bonds. The summed E-state index contributed by atoms with van der Waals surface area (Å²) in [6.45, 7) is 0. The Bertz CT molecular complexity index is 859. The van der Waals surface area contributed by atoms with E-state index in [9.17, 15) is 8.42 Å². The normalized spacial score (nSPS) is 15.8. The smallest absolute Gasteiger partial charge is 0.240 e. The van der Waals surface area contributed by atoms with Gasteiger partial charge < -0.3 is 5.32 Å². The molecule has 2 aromatic rings. The van der Waals surface area contributed by atoms with Gasteiger partial charge >= 0.3 is 0 Å². The molecule has 2 N–H and O–H groups in total. The number of sulfonamides is 1. The van der Waals surface area contributed by atoms with E-state index in [0.29, 0.717) is 5.92 Å². The molecule has 3 rings (SSSR count). The summed E-state index contributed by atoms with van der Waals surface area (Å²) in [7, 11) is -0.187. The maximum Gasteiger partial charge on any atom is 0.240 e. The maximum atomic E-state index is 12.3. The third-order valence-electron chi connectivity index (χ3n) is 5.22. The molecule has 1 aliphatic carbocycles. The lowest BCUT2D eigenvalue weighted by atomic mass is 9.83. The summed E-state index contributed by atoms with van der Waals surface area (Å²) in [5, 5.41) is 3.12. The zero-order valence-electron chi connectivity index (χ0n) is 15.5. The Kier molecular flexibility index (Phi) is 5.94. The first kappa shape index (κ1) is 18.9. The third-order valence-corrected chi connectivity index (χ3v) is 6.63. The van der Waals surface area contributed by atoms with Crippen molar-refractivity contribution in [3.63, 3.8) is 0 Å². The minimum atomic E-state index is -3.49. The molecule has 0 aliphatic heterocycles. The molecule has 1 aromatic heterocycles. The van der Waals surface area contributed by atoms with Crippen molar-refractivity contribution in [1.29, 1.82) is 0 Å². The summed E-state index contributed by atoms with van der Waals surface area (Å²) in [4.78, 5) is 4.78. The molecule has 1 saturated carbocycles. The van der Waals surface area contributed by atoms with Gasteiger partial charge in [-0.15, -0.1) is 0 Å². The van der Waals surface area contributed by atoms with Gasteiger partial charge in [0.1, 0.15) is 0 Å². The van der Waals surface area contributed by atoms with Crippen LogP contribution >= 0.6 is 0 Å². The molecule has 1 heterocycles. The fourth-order valence-corrected chi connectivity index (χ4v) is 4.45. The zero-order valence-corrected chi connectivity index (χ0v) is 16.3. The SMILES string of the molecule is CNc1ccnc(-c2cc(S(=O)(=O)NC)ccc2CC2CCCCC2)c1. The molecular weight excluding hydrogens is 346 g/mol. The van der Waals surface area contributed by atoms with Crippen LogP contribution in [0.2, 0.25) is 0 Å². The predicted octanol–water partition coefficient (Wildman–Crippen LogP) is 3.82. The van der Waals surface area contributed by atoms with Gasteiger partial charge in [0.15, 0.2) is 0 Å². The van der Waals surface area contributed by atoms with Crippen molar-refractivity contribution in [2.24, 2.45) is 5.92 Å². The number of nitrogens with one attached hydrogen (secondary N) is 2. The van der Waals surface area contributed by atoms with Crippen LogP contribution in [-0.4, -0.2) is 27.5 Å².